The second-order valence-corrected chi connectivity index (χ2v) is 5.49. The molecule has 1 aromatic heterocycles. The van der Waals surface area contributed by atoms with Crippen LogP contribution in [-0.4, -0.2) is 17.4 Å². The van der Waals surface area contributed by atoms with Crippen LogP contribution < -0.4 is 10.6 Å². The van der Waals surface area contributed by atoms with Gasteiger partial charge < -0.3 is 10.6 Å². The molecular formula is C16H18BrN3O. The largest absolute Gasteiger partial charge is 0.370 e. The molecule has 0 aliphatic heterocycles. The van der Waals surface area contributed by atoms with Crippen LogP contribution in [-0.2, 0) is 6.54 Å². The fourth-order valence-electron chi connectivity index (χ4n) is 1.81. The van der Waals surface area contributed by atoms with Gasteiger partial charge in [0, 0.05) is 23.8 Å². The maximum atomic E-state index is 12.1. The monoisotopic (exact) mass is 347 g/mol. The molecule has 4 nitrogen and oxygen atoms in total. The minimum absolute atomic E-state index is 0.125. The Morgan fingerprint density at radius 2 is 2.05 bits per heavy atom. The number of benzene rings is 1. The van der Waals surface area contributed by atoms with Crippen molar-refractivity contribution in [3.05, 3.63) is 58.2 Å². The lowest BCUT2D eigenvalue weighted by atomic mass is 10.2. The summed E-state index contributed by atoms with van der Waals surface area (Å²) in [6.07, 6.45) is 2.63. The third-order valence-electron chi connectivity index (χ3n) is 2.98. The van der Waals surface area contributed by atoms with E-state index in [0.29, 0.717) is 12.1 Å². The van der Waals surface area contributed by atoms with Gasteiger partial charge in [-0.15, -0.1) is 0 Å². The molecule has 0 atom stereocenters. The number of pyridine rings is 1. The number of hydrogen-bond acceptors (Lipinski definition) is 3. The van der Waals surface area contributed by atoms with Crippen LogP contribution in [0, 0.1) is 0 Å². The van der Waals surface area contributed by atoms with Crippen LogP contribution >= 0.6 is 15.9 Å². The zero-order valence-electron chi connectivity index (χ0n) is 11.9. The Kier molecular flexibility index (Phi) is 5.75. The van der Waals surface area contributed by atoms with E-state index in [4.69, 9.17) is 0 Å². The van der Waals surface area contributed by atoms with Gasteiger partial charge in [-0.3, -0.25) is 4.79 Å². The molecule has 1 aromatic carbocycles. The number of nitrogens with zero attached hydrogens (tertiary/aromatic N) is 1. The number of carbonyl (C=O) groups is 1. The average Bonchev–Trinajstić information content (AvgIpc) is 2.52. The minimum Gasteiger partial charge on any atom is -0.370 e. The second kappa shape index (κ2) is 7.78. The molecule has 2 N–H and O–H groups in total. The van der Waals surface area contributed by atoms with E-state index >= 15 is 0 Å². The molecule has 5 heteroatoms. The van der Waals surface area contributed by atoms with Crippen LogP contribution in [0.1, 0.15) is 29.3 Å². The van der Waals surface area contributed by atoms with Gasteiger partial charge in [-0.25, -0.2) is 4.98 Å². The summed E-state index contributed by atoms with van der Waals surface area (Å²) in [6, 6.07) is 11.4. The molecule has 0 aliphatic rings. The molecule has 0 aliphatic carbocycles. The first kappa shape index (κ1) is 15.5. The Labute approximate surface area is 133 Å². The van der Waals surface area contributed by atoms with Gasteiger partial charge in [0.15, 0.2) is 0 Å². The van der Waals surface area contributed by atoms with E-state index in [9.17, 15) is 4.79 Å². The molecular weight excluding hydrogens is 330 g/mol. The standard InChI is InChI=1S/C16H18BrN3O/c1-2-9-18-15-8-7-13(11-19-15)16(21)20-10-12-5-3-4-6-14(12)17/h3-8,11H,2,9-10H2,1H3,(H,18,19)(H,20,21). The van der Waals surface area contributed by atoms with E-state index in [1.165, 1.54) is 0 Å². The van der Waals surface area contributed by atoms with Crippen LogP contribution in [0.4, 0.5) is 5.82 Å². The molecule has 1 amide bonds. The first-order valence-corrected chi connectivity index (χ1v) is 7.71. The number of hydrogen-bond donors (Lipinski definition) is 2. The second-order valence-electron chi connectivity index (χ2n) is 4.63. The topological polar surface area (TPSA) is 54.0 Å². The van der Waals surface area contributed by atoms with E-state index in [-0.39, 0.29) is 5.91 Å². The molecule has 0 unspecified atom stereocenters. The third kappa shape index (κ3) is 4.56. The van der Waals surface area contributed by atoms with Crippen molar-refractivity contribution in [1.29, 1.82) is 0 Å². The summed E-state index contributed by atoms with van der Waals surface area (Å²) >= 11 is 3.46. The molecule has 0 fully saturated rings. The van der Waals surface area contributed by atoms with Crippen molar-refractivity contribution < 1.29 is 4.79 Å². The highest BCUT2D eigenvalue weighted by Gasteiger charge is 2.07. The van der Waals surface area contributed by atoms with Gasteiger partial charge in [-0.2, -0.15) is 0 Å². The maximum Gasteiger partial charge on any atom is 0.253 e. The van der Waals surface area contributed by atoms with Crippen molar-refractivity contribution >= 4 is 27.7 Å². The smallest absolute Gasteiger partial charge is 0.253 e. The highest BCUT2D eigenvalue weighted by molar-refractivity contribution is 9.10. The maximum absolute atomic E-state index is 12.1. The fourth-order valence-corrected chi connectivity index (χ4v) is 2.23. The predicted octanol–water partition coefficient (Wildman–Crippen LogP) is 3.60. The Morgan fingerprint density at radius 1 is 1.24 bits per heavy atom. The van der Waals surface area contributed by atoms with Crippen LogP contribution in [0.25, 0.3) is 0 Å². The van der Waals surface area contributed by atoms with E-state index in [1.54, 1.807) is 12.3 Å². The van der Waals surface area contributed by atoms with Gasteiger partial charge >= 0.3 is 0 Å². The third-order valence-corrected chi connectivity index (χ3v) is 3.75. The van der Waals surface area contributed by atoms with Crippen LogP contribution in [0.15, 0.2) is 47.1 Å². The Morgan fingerprint density at radius 3 is 2.71 bits per heavy atom. The summed E-state index contributed by atoms with van der Waals surface area (Å²) in [5.74, 6) is 0.666. The number of aromatic nitrogens is 1. The molecule has 21 heavy (non-hydrogen) atoms. The normalized spacial score (nSPS) is 10.2. The first-order valence-electron chi connectivity index (χ1n) is 6.92. The number of halogens is 1. The predicted molar refractivity (Wildman–Crippen MR) is 88.3 cm³/mol. The van der Waals surface area contributed by atoms with Crippen molar-refractivity contribution in [2.24, 2.45) is 0 Å². The van der Waals surface area contributed by atoms with E-state index in [0.717, 1.165) is 28.8 Å². The van der Waals surface area contributed by atoms with E-state index in [2.05, 4.69) is 38.5 Å². The van der Waals surface area contributed by atoms with Gasteiger partial charge in [-0.05, 0) is 30.2 Å². The van der Waals surface area contributed by atoms with Crippen molar-refractivity contribution in [3.63, 3.8) is 0 Å². The molecule has 1 heterocycles. The van der Waals surface area contributed by atoms with Gasteiger partial charge in [0.05, 0.1) is 5.56 Å². The number of nitrogens with one attached hydrogen (secondary N) is 2. The van der Waals surface area contributed by atoms with Gasteiger partial charge in [0.25, 0.3) is 5.91 Å². The Hall–Kier alpha value is -1.88. The number of rotatable bonds is 6. The van der Waals surface area contributed by atoms with Gasteiger partial charge in [0.2, 0.25) is 0 Å². The molecule has 2 aromatic rings. The summed E-state index contributed by atoms with van der Waals surface area (Å²) < 4.78 is 0.988. The van der Waals surface area contributed by atoms with Crippen molar-refractivity contribution in [1.82, 2.24) is 10.3 Å². The lowest BCUT2D eigenvalue weighted by molar-refractivity contribution is 0.0950. The van der Waals surface area contributed by atoms with Crippen LogP contribution in [0.2, 0.25) is 0 Å². The van der Waals surface area contributed by atoms with Gasteiger partial charge in [-0.1, -0.05) is 41.1 Å². The molecule has 0 spiro atoms. The number of carbonyl (C=O) groups excluding carboxylic acids is 1. The molecule has 0 saturated carbocycles. The molecule has 2 rings (SSSR count). The number of anilines is 1. The Bertz CT molecular complexity index is 599. The van der Waals surface area contributed by atoms with Gasteiger partial charge in [0.1, 0.15) is 5.82 Å². The summed E-state index contributed by atoms with van der Waals surface area (Å²) in [5.41, 5.74) is 1.60. The molecule has 0 bridgehead atoms. The summed E-state index contributed by atoms with van der Waals surface area (Å²) in [5, 5.41) is 6.07. The van der Waals surface area contributed by atoms with Crippen LogP contribution in [0.3, 0.4) is 0 Å². The first-order chi connectivity index (χ1) is 10.2. The quantitative estimate of drug-likeness (QED) is 0.839. The van der Waals surface area contributed by atoms with Crippen molar-refractivity contribution in [2.75, 3.05) is 11.9 Å². The average molecular weight is 348 g/mol. The van der Waals surface area contributed by atoms with Crippen LogP contribution in [0.5, 0.6) is 0 Å². The minimum atomic E-state index is -0.125. The summed E-state index contributed by atoms with van der Waals surface area (Å²) in [4.78, 5) is 16.3. The lowest BCUT2D eigenvalue weighted by Crippen LogP contribution is -2.23. The lowest BCUT2D eigenvalue weighted by Gasteiger charge is -2.08. The SMILES string of the molecule is CCCNc1ccc(C(=O)NCc2ccccc2Br)cn1. The fraction of sp³-hybridized carbons (Fsp3) is 0.250. The van der Waals surface area contributed by atoms with E-state index in [1.807, 2.05) is 30.3 Å². The zero-order valence-corrected chi connectivity index (χ0v) is 13.5. The van der Waals surface area contributed by atoms with E-state index < -0.39 is 0 Å². The van der Waals surface area contributed by atoms with Crippen molar-refractivity contribution in [3.8, 4) is 0 Å². The Balaban J connectivity index is 1.93. The molecule has 0 saturated heterocycles. The number of amides is 1. The highest BCUT2D eigenvalue weighted by Crippen LogP contribution is 2.15. The summed E-state index contributed by atoms with van der Waals surface area (Å²) in [7, 11) is 0. The zero-order chi connectivity index (χ0) is 15.1. The summed E-state index contributed by atoms with van der Waals surface area (Å²) in [6.45, 7) is 3.45. The highest BCUT2D eigenvalue weighted by atomic mass is 79.9. The van der Waals surface area contributed by atoms with Crippen molar-refractivity contribution in [2.45, 2.75) is 19.9 Å². The molecule has 0 radical (unpaired) electrons. The molecule has 110 valence electrons.